The average molecular weight is 445 g/mol. The molecule has 1 heterocycles. The lowest BCUT2D eigenvalue weighted by atomic mass is 10.0. The molecule has 1 saturated heterocycles. The number of likely N-dealkylation sites (N-methyl/N-ethyl adjacent to an activating group) is 1. The van der Waals surface area contributed by atoms with Crippen LogP contribution in [0.1, 0.15) is 42.6 Å². The number of nitrogens with one attached hydrogen (secondary N) is 2. The van der Waals surface area contributed by atoms with Gasteiger partial charge in [0, 0.05) is 31.7 Å². The molecule has 0 saturated carbocycles. The predicted molar refractivity (Wildman–Crippen MR) is 130 cm³/mol. The lowest BCUT2D eigenvalue weighted by Crippen LogP contribution is -2.46. The van der Waals surface area contributed by atoms with Gasteiger partial charge in [0.25, 0.3) is 5.91 Å². The van der Waals surface area contributed by atoms with Crippen molar-refractivity contribution in [1.29, 1.82) is 0 Å². The van der Waals surface area contributed by atoms with Gasteiger partial charge in [-0.05, 0) is 54.5 Å². The lowest BCUT2D eigenvalue weighted by Gasteiger charge is -2.37. The molecule has 1 fully saturated rings. The number of amides is 1. The van der Waals surface area contributed by atoms with Crippen molar-refractivity contribution in [2.75, 3.05) is 42.9 Å². The summed E-state index contributed by atoms with van der Waals surface area (Å²) in [5.41, 5.74) is 3.49. The molecule has 0 aliphatic carbocycles. The number of benzene rings is 2. The van der Waals surface area contributed by atoms with Gasteiger partial charge in [-0.3, -0.25) is 10.1 Å². The smallest absolute Gasteiger partial charge is 0.257 e. The fourth-order valence-electron chi connectivity index (χ4n) is 3.57. The van der Waals surface area contributed by atoms with Gasteiger partial charge in [-0.1, -0.05) is 50.6 Å². The Bertz CT molecular complexity index is 893. The maximum Gasteiger partial charge on any atom is 0.257 e. The Morgan fingerprint density at radius 2 is 1.77 bits per heavy atom. The van der Waals surface area contributed by atoms with Crippen molar-refractivity contribution in [3.05, 3.63) is 58.6 Å². The Labute approximate surface area is 189 Å². The van der Waals surface area contributed by atoms with Gasteiger partial charge in [-0.15, -0.1) is 0 Å². The van der Waals surface area contributed by atoms with Crippen LogP contribution in [0, 0.1) is 0 Å². The van der Waals surface area contributed by atoms with Crippen molar-refractivity contribution in [2.24, 2.45) is 0 Å². The molecule has 0 atom stereocenters. The second-order valence-corrected chi connectivity index (χ2v) is 8.56. The number of nitrogens with zero attached hydrogens (tertiary/aromatic N) is 2. The zero-order chi connectivity index (χ0) is 21.7. The molecule has 2 aromatic rings. The molecule has 0 unspecified atom stereocenters. The second-order valence-electron chi connectivity index (χ2n) is 7.74. The van der Waals surface area contributed by atoms with Gasteiger partial charge in [0.15, 0.2) is 5.11 Å². The van der Waals surface area contributed by atoms with Crippen molar-refractivity contribution in [3.8, 4) is 0 Å². The van der Waals surface area contributed by atoms with Gasteiger partial charge >= 0.3 is 0 Å². The van der Waals surface area contributed by atoms with Crippen LogP contribution in [0.2, 0.25) is 5.02 Å². The van der Waals surface area contributed by atoms with Crippen LogP contribution in [0.25, 0.3) is 0 Å². The predicted octanol–water partition coefficient (Wildman–Crippen LogP) is 4.73. The zero-order valence-corrected chi connectivity index (χ0v) is 19.3. The van der Waals surface area contributed by atoms with E-state index < -0.39 is 0 Å². The van der Waals surface area contributed by atoms with Gasteiger partial charge in [-0.25, -0.2) is 0 Å². The lowest BCUT2D eigenvalue weighted by molar-refractivity contribution is 0.0977. The summed E-state index contributed by atoms with van der Waals surface area (Å²) in [5, 5.41) is 6.86. The topological polar surface area (TPSA) is 47.6 Å². The van der Waals surface area contributed by atoms with Crippen LogP contribution in [0.15, 0.2) is 42.5 Å². The molecule has 5 nitrogen and oxygen atoms in total. The van der Waals surface area contributed by atoms with E-state index in [4.69, 9.17) is 23.8 Å². The summed E-state index contributed by atoms with van der Waals surface area (Å²) in [7, 11) is 0. The van der Waals surface area contributed by atoms with E-state index in [2.05, 4.69) is 41.2 Å². The van der Waals surface area contributed by atoms with E-state index in [1.165, 1.54) is 5.56 Å². The maximum absolute atomic E-state index is 12.6. The molecule has 1 aliphatic heterocycles. The van der Waals surface area contributed by atoms with Crippen molar-refractivity contribution in [2.45, 2.75) is 26.7 Å². The first kappa shape index (κ1) is 22.5. The molecule has 0 spiro atoms. The van der Waals surface area contributed by atoms with Crippen LogP contribution >= 0.6 is 23.8 Å². The monoisotopic (exact) mass is 444 g/mol. The van der Waals surface area contributed by atoms with Crippen LogP contribution in [-0.2, 0) is 0 Å². The number of carbonyl (C=O) groups is 1. The minimum Gasteiger partial charge on any atom is -0.366 e. The van der Waals surface area contributed by atoms with E-state index in [9.17, 15) is 4.79 Å². The minimum atomic E-state index is -0.233. The molecule has 1 aliphatic rings. The second kappa shape index (κ2) is 10.2. The van der Waals surface area contributed by atoms with Crippen LogP contribution in [0.4, 0.5) is 11.4 Å². The highest BCUT2D eigenvalue weighted by Gasteiger charge is 2.21. The highest BCUT2D eigenvalue weighted by Crippen LogP contribution is 2.34. The van der Waals surface area contributed by atoms with Crippen LogP contribution in [0.3, 0.4) is 0 Å². The number of anilines is 2. The van der Waals surface area contributed by atoms with Crippen molar-refractivity contribution < 1.29 is 4.79 Å². The number of rotatable bonds is 5. The Balaban J connectivity index is 1.68. The number of hydrogen-bond acceptors (Lipinski definition) is 4. The molecule has 0 radical (unpaired) electrons. The summed E-state index contributed by atoms with van der Waals surface area (Å²) in [6.07, 6.45) is 0. The fraction of sp³-hybridized carbons (Fsp3) is 0.391. The fourth-order valence-corrected chi connectivity index (χ4v) is 4.07. The highest BCUT2D eigenvalue weighted by atomic mass is 35.5. The standard InChI is InChI=1S/C23H29ClN4OS/c1-4-27-12-14-28(15-13-27)21-19(24)6-5-7-20(21)25-23(30)26-22(29)18-10-8-17(9-11-18)16(2)3/h5-11,16H,4,12-15H2,1-3H3,(H2,25,26,29,30). The Hall–Kier alpha value is -2.15. The number of piperazine rings is 1. The first-order chi connectivity index (χ1) is 14.4. The van der Waals surface area contributed by atoms with Crippen LogP contribution in [0.5, 0.6) is 0 Å². The number of para-hydroxylation sites is 1. The first-order valence-corrected chi connectivity index (χ1v) is 11.2. The molecule has 1 amide bonds. The number of thiocarbonyl (C=S) groups is 1. The van der Waals surface area contributed by atoms with Gasteiger partial charge in [-0.2, -0.15) is 0 Å². The van der Waals surface area contributed by atoms with Gasteiger partial charge in [0.05, 0.1) is 16.4 Å². The van der Waals surface area contributed by atoms with Gasteiger partial charge in [0.2, 0.25) is 0 Å². The van der Waals surface area contributed by atoms with Crippen molar-refractivity contribution in [1.82, 2.24) is 10.2 Å². The van der Waals surface area contributed by atoms with Crippen molar-refractivity contribution >= 4 is 46.2 Å². The number of hydrogen-bond donors (Lipinski definition) is 2. The molecule has 160 valence electrons. The third-order valence-electron chi connectivity index (χ3n) is 5.44. The van der Waals surface area contributed by atoms with E-state index in [-0.39, 0.29) is 11.0 Å². The molecule has 0 bridgehead atoms. The zero-order valence-electron chi connectivity index (χ0n) is 17.7. The Kier molecular flexibility index (Phi) is 7.69. The summed E-state index contributed by atoms with van der Waals surface area (Å²) in [5.74, 6) is 0.188. The number of carbonyl (C=O) groups excluding carboxylic acids is 1. The summed E-state index contributed by atoms with van der Waals surface area (Å²) in [6, 6.07) is 13.3. The van der Waals surface area contributed by atoms with Gasteiger partial charge in [0.1, 0.15) is 0 Å². The maximum atomic E-state index is 12.6. The van der Waals surface area contributed by atoms with E-state index in [0.29, 0.717) is 16.5 Å². The summed E-state index contributed by atoms with van der Waals surface area (Å²) >= 11 is 11.9. The molecule has 2 N–H and O–H groups in total. The highest BCUT2D eigenvalue weighted by molar-refractivity contribution is 7.80. The van der Waals surface area contributed by atoms with Crippen LogP contribution in [-0.4, -0.2) is 48.6 Å². The summed E-state index contributed by atoms with van der Waals surface area (Å²) in [6.45, 7) is 11.3. The largest absolute Gasteiger partial charge is 0.366 e. The summed E-state index contributed by atoms with van der Waals surface area (Å²) in [4.78, 5) is 17.3. The molecule has 7 heteroatoms. The van der Waals surface area contributed by atoms with E-state index in [0.717, 1.165) is 44.1 Å². The number of halogens is 1. The van der Waals surface area contributed by atoms with E-state index >= 15 is 0 Å². The average Bonchev–Trinajstić information content (AvgIpc) is 2.74. The third-order valence-corrected chi connectivity index (χ3v) is 5.95. The molecular formula is C23H29ClN4OS. The minimum absolute atomic E-state index is 0.233. The summed E-state index contributed by atoms with van der Waals surface area (Å²) < 4.78 is 0. The first-order valence-electron chi connectivity index (χ1n) is 10.4. The molecular weight excluding hydrogens is 416 g/mol. The molecule has 0 aromatic heterocycles. The molecule has 2 aromatic carbocycles. The SMILES string of the molecule is CCN1CCN(c2c(Cl)cccc2NC(=S)NC(=O)c2ccc(C(C)C)cc2)CC1. The Morgan fingerprint density at radius 3 is 2.37 bits per heavy atom. The Morgan fingerprint density at radius 1 is 1.10 bits per heavy atom. The molecule has 30 heavy (non-hydrogen) atoms. The quantitative estimate of drug-likeness (QED) is 0.652. The van der Waals surface area contributed by atoms with Crippen LogP contribution < -0.4 is 15.5 Å². The molecule has 3 rings (SSSR count). The van der Waals surface area contributed by atoms with E-state index in [1.54, 1.807) is 0 Å². The van der Waals surface area contributed by atoms with Crippen molar-refractivity contribution in [3.63, 3.8) is 0 Å². The third kappa shape index (κ3) is 5.50. The normalized spacial score (nSPS) is 14.6. The van der Waals surface area contributed by atoms with Gasteiger partial charge < -0.3 is 15.1 Å². The van der Waals surface area contributed by atoms with E-state index in [1.807, 2.05) is 42.5 Å².